The van der Waals surface area contributed by atoms with Crippen LogP contribution in [0.3, 0.4) is 0 Å². The molecule has 3 rings (SSSR count). The molecule has 1 aromatic rings. The van der Waals surface area contributed by atoms with Gasteiger partial charge in [0.15, 0.2) is 0 Å². The predicted molar refractivity (Wildman–Crippen MR) is 75.8 cm³/mol. The number of nitrogens with one attached hydrogen (secondary N) is 1. The summed E-state index contributed by atoms with van der Waals surface area (Å²) in [6, 6.07) is 5.17. The van der Waals surface area contributed by atoms with Gasteiger partial charge in [-0.3, -0.25) is 9.59 Å². The summed E-state index contributed by atoms with van der Waals surface area (Å²) in [5.41, 5.74) is 1.43. The lowest BCUT2D eigenvalue weighted by molar-refractivity contribution is -0.129. The van der Waals surface area contributed by atoms with Gasteiger partial charge in [-0.1, -0.05) is 12.1 Å². The molecule has 1 aliphatic heterocycles. The van der Waals surface area contributed by atoms with E-state index in [9.17, 15) is 14.0 Å². The third kappa shape index (κ3) is 3.06. The van der Waals surface area contributed by atoms with Gasteiger partial charge in [0.05, 0.1) is 5.92 Å². The van der Waals surface area contributed by atoms with E-state index in [1.54, 1.807) is 19.1 Å². The van der Waals surface area contributed by atoms with Crippen LogP contribution in [0.4, 0.5) is 4.39 Å². The summed E-state index contributed by atoms with van der Waals surface area (Å²) in [6.45, 7) is 2.61. The molecule has 1 saturated carbocycles. The molecule has 1 unspecified atom stereocenters. The molecule has 1 atom stereocenters. The van der Waals surface area contributed by atoms with Crippen molar-refractivity contribution < 1.29 is 14.0 Å². The van der Waals surface area contributed by atoms with Crippen molar-refractivity contribution in [3.63, 3.8) is 0 Å². The standard InChI is InChI=1S/C16H19FN2O2/c1-10-6-11(2-5-14(10)17)8-18-16(21)12-7-15(20)19(9-12)13-3-4-13/h2,5-6,12-13H,3-4,7-9H2,1H3,(H,18,21). The minimum Gasteiger partial charge on any atom is -0.352 e. The first-order valence-electron chi connectivity index (χ1n) is 7.37. The van der Waals surface area contributed by atoms with E-state index in [0.29, 0.717) is 31.1 Å². The molecule has 2 fully saturated rings. The molecule has 0 radical (unpaired) electrons. The number of aryl methyl sites for hydroxylation is 1. The van der Waals surface area contributed by atoms with Crippen LogP contribution in [0, 0.1) is 18.7 Å². The lowest BCUT2D eigenvalue weighted by Gasteiger charge is -2.15. The minimum atomic E-state index is -0.250. The zero-order valence-electron chi connectivity index (χ0n) is 12.1. The first-order valence-corrected chi connectivity index (χ1v) is 7.37. The molecule has 2 amide bonds. The van der Waals surface area contributed by atoms with Crippen molar-refractivity contribution in [3.05, 3.63) is 35.1 Å². The van der Waals surface area contributed by atoms with Gasteiger partial charge in [-0.25, -0.2) is 4.39 Å². The lowest BCUT2D eigenvalue weighted by atomic mass is 10.1. The molecule has 1 aliphatic carbocycles. The summed E-state index contributed by atoms with van der Waals surface area (Å²) in [5, 5.41) is 2.85. The monoisotopic (exact) mass is 290 g/mol. The van der Waals surface area contributed by atoms with E-state index in [4.69, 9.17) is 0 Å². The van der Waals surface area contributed by atoms with E-state index >= 15 is 0 Å². The fraction of sp³-hybridized carbons (Fsp3) is 0.500. The second-order valence-electron chi connectivity index (χ2n) is 5.98. The number of nitrogens with zero attached hydrogens (tertiary/aromatic N) is 1. The van der Waals surface area contributed by atoms with Crippen LogP contribution in [-0.2, 0) is 16.1 Å². The Hall–Kier alpha value is -1.91. The smallest absolute Gasteiger partial charge is 0.225 e. The molecular weight excluding hydrogens is 271 g/mol. The Labute approximate surface area is 123 Å². The summed E-state index contributed by atoms with van der Waals surface area (Å²) in [5.74, 6) is -0.491. The van der Waals surface area contributed by atoms with Gasteiger partial charge in [0.1, 0.15) is 5.82 Å². The molecule has 21 heavy (non-hydrogen) atoms. The summed E-state index contributed by atoms with van der Waals surface area (Å²) >= 11 is 0. The van der Waals surface area contributed by atoms with E-state index in [2.05, 4.69) is 5.32 Å². The fourth-order valence-electron chi connectivity index (χ4n) is 2.80. The van der Waals surface area contributed by atoms with Crippen LogP contribution in [0.1, 0.15) is 30.4 Å². The van der Waals surface area contributed by atoms with Crippen LogP contribution in [0.15, 0.2) is 18.2 Å². The van der Waals surface area contributed by atoms with E-state index in [1.165, 1.54) is 6.07 Å². The zero-order chi connectivity index (χ0) is 15.0. The SMILES string of the molecule is Cc1cc(CNC(=O)C2CC(=O)N(C3CC3)C2)ccc1F. The van der Waals surface area contributed by atoms with Crippen LogP contribution >= 0.6 is 0 Å². The first kappa shape index (κ1) is 14.0. The van der Waals surface area contributed by atoms with Crippen LogP contribution in [-0.4, -0.2) is 29.3 Å². The Kier molecular flexibility index (Phi) is 3.66. The maximum absolute atomic E-state index is 13.2. The van der Waals surface area contributed by atoms with Crippen molar-refractivity contribution >= 4 is 11.8 Å². The largest absolute Gasteiger partial charge is 0.352 e. The van der Waals surface area contributed by atoms with E-state index in [-0.39, 0.29) is 23.5 Å². The van der Waals surface area contributed by atoms with Crippen molar-refractivity contribution in [3.8, 4) is 0 Å². The van der Waals surface area contributed by atoms with E-state index < -0.39 is 0 Å². The molecule has 0 aromatic heterocycles. The molecule has 1 aromatic carbocycles. The highest BCUT2D eigenvalue weighted by atomic mass is 19.1. The zero-order valence-corrected chi connectivity index (χ0v) is 12.1. The minimum absolute atomic E-state index is 0.0894. The first-order chi connectivity index (χ1) is 10.0. The Bertz CT molecular complexity index is 584. The molecule has 4 nitrogen and oxygen atoms in total. The van der Waals surface area contributed by atoms with E-state index in [0.717, 1.165) is 18.4 Å². The molecule has 0 spiro atoms. The predicted octanol–water partition coefficient (Wildman–Crippen LogP) is 1.76. The number of likely N-dealkylation sites (tertiary alicyclic amines) is 1. The number of rotatable bonds is 4. The average molecular weight is 290 g/mol. The number of carbonyl (C=O) groups is 2. The Balaban J connectivity index is 1.54. The normalized spacial score (nSPS) is 21.7. The van der Waals surface area contributed by atoms with Gasteiger partial charge in [-0.2, -0.15) is 0 Å². The summed E-state index contributed by atoms with van der Waals surface area (Å²) < 4.78 is 13.2. The van der Waals surface area contributed by atoms with Crippen molar-refractivity contribution in [1.82, 2.24) is 10.2 Å². The van der Waals surface area contributed by atoms with Crippen LogP contribution in [0.25, 0.3) is 0 Å². The number of amides is 2. The number of carbonyl (C=O) groups excluding carboxylic acids is 2. The molecule has 1 saturated heterocycles. The highest BCUT2D eigenvalue weighted by Gasteiger charge is 2.41. The van der Waals surface area contributed by atoms with Gasteiger partial charge in [-0.15, -0.1) is 0 Å². The number of hydrogen-bond donors (Lipinski definition) is 1. The molecule has 0 bridgehead atoms. The molecular formula is C16H19FN2O2. The molecule has 1 heterocycles. The Morgan fingerprint density at radius 2 is 2.19 bits per heavy atom. The van der Waals surface area contributed by atoms with Gasteiger partial charge in [0.25, 0.3) is 0 Å². The van der Waals surface area contributed by atoms with Crippen LogP contribution < -0.4 is 5.32 Å². The van der Waals surface area contributed by atoms with E-state index in [1.807, 2.05) is 4.90 Å². The van der Waals surface area contributed by atoms with Gasteiger partial charge in [0, 0.05) is 25.6 Å². The van der Waals surface area contributed by atoms with Crippen molar-refractivity contribution in [2.45, 2.75) is 38.8 Å². The van der Waals surface area contributed by atoms with Crippen LogP contribution in [0.5, 0.6) is 0 Å². The molecule has 2 aliphatic rings. The number of halogens is 1. The summed E-state index contributed by atoms with van der Waals surface area (Å²) in [6.07, 6.45) is 2.44. The van der Waals surface area contributed by atoms with Gasteiger partial charge in [-0.05, 0) is 37.0 Å². The Morgan fingerprint density at radius 3 is 2.86 bits per heavy atom. The summed E-state index contributed by atoms with van der Waals surface area (Å²) in [4.78, 5) is 25.8. The Morgan fingerprint density at radius 1 is 1.43 bits per heavy atom. The van der Waals surface area contributed by atoms with Crippen molar-refractivity contribution in [1.29, 1.82) is 0 Å². The van der Waals surface area contributed by atoms with Gasteiger partial charge >= 0.3 is 0 Å². The second-order valence-corrected chi connectivity index (χ2v) is 5.98. The highest BCUT2D eigenvalue weighted by Crippen LogP contribution is 2.32. The van der Waals surface area contributed by atoms with Crippen LogP contribution in [0.2, 0.25) is 0 Å². The van der Waals surface area contributed by atoms with Gasteiger partial charge in [0.2, 0.25) is 11.8 Å². The fourth-order valence-corrected chi connectivity index (χ4v) is 2.80. The molecule has 1 N–H and O–H groups in total. The van der Waals surface area contributed by atoms with Gasteiger partial charge < -0.3 is 10.2 Å². The molecule has 112 valence electrons. The quantitative estimate of drug-likeness (QED) is 0.918. The summed E-state index contributed by atoms with van der Waals surface area (Å²) in [7, 11) is 0. The third-order valence-corrected chi connectivity index (χ3v) is 4.21. The lowest BCUT2D eigenvalue weighted by Crippen LogP contribution is -2.33. The topological polar surface area (TPSA) is 49.4 Å². The third-order valence-electron chi connectivity index (χ3n) is 4.21. The second kappa shape index (κ2) is 5.47. The highest BCUT2D eigenvalue weighted by molar-refractivity contribution is 5.89. The molecule has 5 heteroatoms. The van der Waals surface area contributed by atoms with Crippen molar-refractivity contribution in [2.75, 3.05) is 6.54 Å². The maximum Gasteiger partial charge on any atom is 0.225 e. The average Bonchev–Trinajstić information content (AvgIpc) is 3.22. The van der Waals surface area contributed by atoms with Crippen molar-refractivity contribution in [2.24, 2.45) is 5.92 Å². The maximum atomic E-state index is 13.2. The number of hydrogen-bond acceptors (Lipinski definition) is 2. The number of benzene rings is 1.